The molecule has 0 aliphatic rings. The highest BCUT2D eigenvalue weighted by molar-refractivity contribution is 5.76. The summed E-state index contributed by atoms with van der Waals surface area (Å²) in [5.74, 6) is -0.207. The largest absolute Gasteiger partial charge is 0.349 e. The van der Waals surface area contributed by atoms with Gasteiger partial charge in [-0.25, -0.2) is 0 Å². The van der Waals surface area contributed by atoms with Gasteiger partial charge in [0.25, 0.3) is 0 Å². The van der Waals surface area contributed by atoms with Gasteiger partial charge >= 0.3 is 0 Å². The Morgan fingerprint density at radius 1 is 0.750 bits per heavy atom. The Morgan fingerprint density at radius 2 is 0.938 bits per heavy atom. The molecule has 0 rings (SSSR count). The number of carbonyl (C=O) groups is 2. The summed E-state index contributed by atoms with van der Waals surface area (Å²) in [5.41, 5.74) is -0.963. The Labute approximate surface area is 99.2 Å². The summed E-state index contributed by atoms with van der Waals surface area (Å²) in [6.07, 6.45) is 0. The molecule has 0 aliphatic heterocycles. The van der Waals surface area contributed by atoms with Crippen LogP contribution >= 0.6 is 0 Å². The normalized spacial score (nSPS) is 11.0. The first-order valence-corrected chi connectivity index (χ1v) is 5.66. The van der Waals surface area contributed by atoms with E-state index < -0.39 is 11.1 Å². The first kappa shape index (κ1) is 17.3. The fourth-order valence-electron chi connectivity index (χ4n) is 1.19. The fourth-order valence-corrected chi connectivity index (χ4v) is 1.19. The highest BCUT2D eigenvalue weighted by Gasteiger charge is 2.38. The van der Waals surface area contributed by atoms with Crippen molar-refractivity contribution in [2.24, 2.45) is 0 Å². The van der Waals surface area contributed by atoms with Crippen LogP contribution in [0.4, 0.5) is 0 Å². The molecule has 2 N–H and O–H groups in total. The lowest BCUT2D eigenvalue weighted by atomic mass is 9.82. The second-order valence-electron chi connectivity index (χ2n) is 4.61. The molecule has 0 aliphatic carbocycles. The van der Waals surface area contributed by atoms with E-state index in [2.05, 4.69) is 10.6 Å². The molecule has 96 valence electrons. The lowest BCUT2D eigenvalue weighted by molar-refractivity contribution is -0.125. The van der Waals surface area contributed by atoms with Crippen molar-refractivity contribution >= 4 is 11.8 Å². The van der Waals surface area contributed by atoms with Gasteiger partial charge in [0.1, 0.15) is 0 Å². The van der Waals surface area contributed by atoms with Gasteiger partial charge in [-0.2, -0.15) is 0 Å². The van der Waals surface area contributed by atoms with Crippen molar-refractivity contribution in [3.05, 3.63) is 0 Å². The van der Waals surface area contributed by atoms with Crippen molar-refractivity contribution in [3.8, 4) is 0 Å². The van der Waals surface area contributed by atoms with E-state index in [1.54, 1.807) is 0 Å². The summed E-state index contributed by atoms with van der Waals surface area (Å²) >= 11 is 0. The molecule has 0 saturated carbocycles. The predicted molar refractivity (Wildman–Crippen MR) is 67.1 cm³/mol. The van der Waals surface area contributed by atoms with E-state index in [4.69, 9.17) is 0 Å². The minimum Gasteiger partial charge on any atom is -0.349 e. The molecule has 4 heteroatoms. The Kier molecular flexibility index (Phi) is 7.05. The van der Waals surface area contributed by atoms with Gasteiger partial charge in [-0.15, -0.1) is 0 Å². The van der Waals surface area contributed by atoms with E-state index in [0.29, 0.717) is 0 Å². The van der Waals surface area contributed by atoms with Crippen molar-refractivity contribution in [2.75, 3.05) is 0 Å². The highest BCUT2D eigenvalue weighted by Crippen LogP contribution is 2.20. The minimum atomic E-state index is -0.482. The van der Waals surface area contributed by atoms with Gasteiger partial charge in [-0.3, -0.25) is 9.59 Å². The zero-order valence-electron chi connectivity index (χ0n) is 11.8. The third-order valence-corrected chi connectivity index (χ3v) is 2.54. The topological polar surface area (TPSA) is 58.2 Å². The van der Waals surface area contributed by atoms with Gasteiger partial charge in [-0.05, 0) is 27.7 Å². The third-order valence-electron chi connectivity index (χ3n) is 2.54. The fraction of sp³-hybridized carbons (Fsp3) is 0.833. The van der Waals surface area contributed by atoms with Crippen LogP contribution in [0.25, 0.3) is 0 Å². The molecular weight excluding hydrogens is 204 g/mol. The summed E-state index contributed by atoms with van der Waals surface area (Å²) in [6.45, 7) is 14.4. The van der Waals surface area contributed by atoms with Crippen molar-refractivity contribution in [2.45, 2.75) is 66.5 Å². The molecule has 4 nitrogen and oxygen atoms in total. The van der Waals surface area contributed by atoms with Crippen LogP contribution in [-0.2, 0) is 9.59 Å². The monoisotopic (exact) mass is 230 g/mol. The number of amides is 2. The second kappa shape index (κ2) is 6.51. The molecule has 0 radical (unpaired) electrons. The molecule has 0 saturated heterocycles. The van der Waals surface area contributed by atoms with E-state index >= 15 is 0 Å². The molecule has 16 heavy (non-hydrogen) atoms. The smallest absolute Gasteiger partial charge is 0.217 e. The Bertz CT molecular complexity index is 219. The van der Waals surface area contributed by atoms with Crippen LogP contribution in [0.5, 0.6) is 0 Å². The molecule has 0 heterocycles. The first-order valence-electron chi connectivity index (χ1n) is 5.66. The van der Waals surface area contributed by atoms with E-state index in [0.717, 1.165) is 0 Å². The van der Waals surface area contributed by atoms with Crippen LogP contribution in [0.1, 0.15) is 55.4 Å². The quantitative estimate of drug-likeness (QED) is 0.777. The maximum Gasteiger partial charge on any atom is 0.217 e. The van der Waals surface area contributed by atoms with E-state index in [-0.39, 0.29) is 11.8 Å². The van der Waals surface area contributed by atoms with E-state index in [9.17, 15) is 9.59 Å². The molecule has 0 fully saturated rings. The average molecular weight is 230 g/mol. The zero-order valence-corrected chi connectivity index (χ0v) is 11.8. The van der Waals surface area contributed by atoms with Gasteiger partial charge in [0, 0.05) is 13.8 Å². The Hall–Kier alpha value is -1.06. The average Bonchev–Trinajstić information content (AvgIpc) is 2.02. The molecule has 0 unspecified atom stereocenters. The van der Waals surface area contributed by atoms with Gasteiger partial charge in [0.05, 0.1) is 11.1 Å². The third kappa shape index (κ3) is 5.73. The van der Waals surface area contributed by atoms with Crippen LogP contribution in [0, 0.1) is 0 Å². The lowest BCUT2D eigenvalue weighted by Crippen LogP contribution is -2.64. The zero-order chi connectivity index (χ0) is 13.6. The summed E-state index contributed by atoms with van der Waals surface area (Å²) in [5, 5.41) is 5.62. The summed E-state index contributed by atoms with van der Waals surface area (Å²) in [7, 11) is 0. The molecule has 2 amide bonds. The van der Waals surface area contributed by atoms with Crippen molar-refractivity contribution < 1.29 is 9.59 Å². The van der Waals surface area contributed by atoms with Gasteiger partial charge in [-0.1, -0.05) is 13.8 Å². The maximum absolute atomic E-state index is 11.0. The SMILES string of the molecule is CC.CC(=O)NC(C)(C)C(C)(C)NC(C)=O. The van der Waals surface area contributed by atoms with Crippen LogP contribution in [0.15, 0.2) is 0 Å². The predicted octanol–water partition coefficient (Wildman–Crippen LogP) is 1.84. The summed E-state index contributed by atoms with van der Waals surface area (Å²) in [6, 6.07) is 0. The van der Waals surface area contributed by atoms with Gasteiger partial charge in [0.15, 0.2) is 0 Å². The van der Waals surface area contributed by atoms with Gasteiger partial charge < -0.3 is 10.6 Å². The number of hydrogen-bond donors (Lipinski definition) is 2. The summed E-state index contributed by atoms with van der Waals surface area (Å²) in [4.78, 5) is 21.9. The minimum absolute atomic E-state index is 0.103. The molecule has 0 bridgehead atoms. The van der Waals surface area contributed by atoms with Crippen LogP contribution in [-0.4, -0.2) is 22.9 Å². The lowest BCUT2D eigenvalue weighted by Gasteiger charge is -2.42. The van der Waals surface area contributed by atoms with E-state index in [1.807, 2.05) is 41.5 Å². The number of hydrogen-bond acceptors (Lipinski definition) is 2. The van der Waals surface area contributed by atoms with Crippen molar-refractivity contribution in [3.63, 3.8) is 0 Å². The molecule has 0 aromatic heterocycles. The Morgan fingerprint density at radius 3 is 1.06 bits per heavy atom. The summed E-state index contributed by atoms with van der Waals surface area (Å²) < 4.78 is 0. The number of rotatable bonds is 3. The molecular formula is C12H26N2O2. The standard InChI is InChI=1S/C10H20N2O2.C2H6/c1-7(13)11-9(3,4)10(5,6)12-8(2)14;1-2/h1-6H3,(H,11,13)(H,12,14);1-2H3. The van der Waals surface area contributed by atoms with Crippen LogP contribution in [0.3, 0.4) is 0 Å². The van der Waals surface area contributed by atoms with Crippen molar-refractivity contribution in [1.29, 1.82) is 0 Å². The molecule has 0 aromatic rings. The first-order chi connectivity index (χ1) is 7.08. The molecule has 0 atom stereocenters. The van der Waals surface area contributed by atoms with Gasteiger partial charge in [0.2, 0.25) is 11.8 Å². The van der Waals surface area contributed by atoms with Crippen LogP contribution < -0.4 is 10.6 Å². The molecule has 0 spiro atoms. The van der Waals surface area contributed by atoms with Crippen molar-refractivity contribution in [1.82, 2.24) is 10.6 Å². The number of carbonyl (C=O) groups excluding carboxylic acids is 2. The maximum atomic E-state index is 11.0. The second-order valence-corrected chi connectivity index (χ2v) is 4.61. The molecule has 0 aromatic carbocycles. The highest BCUT2D eigenvalue weighted by atomic mass is 16.2. The van der Waals surface area contributed by atoms with Crippen LogP contribution in [0.2, 0.25) is 0 Å². The number of nitrogens with one attached hydrogen (secondary N) is 2. The van der Waals surface area contributed by atoms with E-state index in [1.165, 1.54) is 13.8 Å². The Balaban J connectivity index is 0.